The minimum atomic E-state index is 0.219. The number of anilines is 1. The van der Waals surface area contributed by atoms with E-state index in [-0.39, 0.29) is 6.04 Å². The molecule has 82 valence electrons. The van der Waals surface area contributed by atoms with Crippen molar-refractivity contribution in [2.24, 2.45) is 5.73 Å². The number of nitrogens with zero attached hydrogens (tertiary/aromatic N) is 1. The second-order valence-corrected chi connectivity index (χ2v) is 4.44. The summed E-state index contributed by atoms with van der Waals surface area (Å²) in [5.74, 6) is 0.751. The average Bonchev–Trinajstić information content (AvgIpc) is 2.24. The molecule has 15 heavy (non-hydrogen) atoms. The predicted molar refractivity (Wildman–Crippen MR) is 63.1 cm³/mol. The first-order valence-electron chi connectivity index (χ1n) is 5.40. The van der Waals surface area contributed by atoms with E-state index < -0.39 is 0 Å². The Bertz CT molecular complexity index is 329. The molecule has 0 spiro atoms. The predicted octanol–water partition coefficient (Wildman–Crippen LogP) is 2.42. The zero-order chi connectivity index (χ0) is 10.7. The van der Waals surface area contributed by atoms with E-state index in [1.165, 1.54) is 12.8 Å². The fraction of sp³-hybridized carbons (Fsp3) is 0.545. The van der Waals surface area contributed by atoms with Gasteiger partial charge >= 0.3 is 0 Å². The second kappa shape index (κ2) is 4.81. The standard InChI is InChI=1S/C11H16ClN3/c12-8-4-3-7-14-11(8)15-10-6-2-1-5-9(10)13/h3-4,7,9-10H,1-2,5-6,13H2,(H,14,15)/t9-,10-/m1/s1. The summed E-state index contributed by atoms with van der Waals surface area (Å²) in [5.41, 5.74) is 6.04. The molecule has 1 fully saturated rings. The molecule has 0 aromatic carbocycles. The molecular formula is C11H16ClN3. The monoisotopic (exact) mass is 225 g/mol. The van der Waals surface area contributed by atoms with Gasteiger partial charge in [0.2, 0.25) is 0 Å². The van der Waals surface area contributed by atoms with Gasteiger partial charge in [0.1, 0.15) is 5.82 Å². The van der Waals surface area contributed by atoms with E-state index in [1.54, 1.807) is 6.20 Å². The maximum absolute atomic E-state index is 6.04. The van der Waals surface area contributed by atoms with Crippen LogP contribution in [0.2, 0.25) is 5.02 Å². The molecule has 1 aliphatic carbocycles. The highest BCUT2D eigenvalue weighted by Crippen LogP contribution is 2.24. The summed E-state index contributed by atoms with van der Waals surface area (Å²) in [5, 5.41) is 3.99. The van der Waals surface area contributed by atoms with Crippen molar-refractivity contribution in [3.8, 4) is 0 Å². The van der Waals surface area contributed by atoms with E-state index in [9.17, 15) is 0 Å². The summed E-state index contributed by atoms with van der Waals surface area (Å²) in [6.07, 6.45) is 6.39. The van der Waals surface area contributed by atoms with Crippen molar-refractivity contribution >= 4 is 17.4 Å². The highest BCUT2D eigenvalue weighted by molar-refractivity contribution is 6.32. The first-order valence-corrected chi connectivity index (χ1v) is 5.78. The highest BCUT2D eigenvalue weighted by atomic mass is 35.5. The maximum Gasteiger partial charge on any atom is 0.145 e. The Balaban J connectivity index is 2.04. The number of hydrogen-bond acceptors (Lipinski definition) is 3. The first-order chi connectivity index (χ1) is 7.27. The van der Waals surface area contributed by atoms with Gasteiger partial charge in [0.05, 0.1) is 5.02 Å². The van der Waals surface area contributed by atoms with Crippen LogP contribution in [0.5, 0.6) is 0 Å². The summed E-state index contributed by atoms with van der Waals surface area (Å²) < 4.78 is 0. The SMILES string of the molecule is N[C@@H]1CCCC[C@H]1Nc1ncccc1Cl. The lowest BCUT2D eigenvalue weighted by atomic mass is 9.91. The number of hydrogen-bond donors (Lipinski definition) is 2. The van der Waals surface area contributed by atoms with Gasteiger partial charge in [0.25, 0.3) is 0 Å². The van der Waals surface area contributed by atoms with Crippen molar-refractivity contribution < 1.29 is 0 Å². The summed E-state index contributed by atoms with van der Waals surface area (Å²) in [6, 6.07) is 4.20. The molecule has 3 nitrogen and oxygen atoms in total. The fourth-order valence-corrected chi connectivity index (χ4v) is 2.18. The van der Waals surface area contributed by atoms with Crippen LogP contribution in [0.15, 0.2) is 18.3 Å². The lowest BCUT2D eigenvalue weighted by molar-refractivity contribution is 0.403. The Labute approximate surface area is 95.0 Å². The third-order valence-electron chi connectivity index (χ3n) is 2.90. The Morgan fingerprint density at radius 1 is 1.40 bits per heavy atom. The number of aromatic nitrogens is 1. The molecule has 1 aromatic rings. The van der Waals surface area contributed by atoms with E-state index in [1.807, 2.05) is 12.1 Å². The topological polar surface area (TPSA) is 50.9 Å². The number of nitrogens with two attached hydrogens (primary N) is 1. The largest absolute Gasteiger partial charge is 0.365 e. The third-order valence-corrected chi connectivity index (χ3v) is 3.20. The fourth-order valence-electron chi connectivity index (χ4n) is 2.01. The first kappa shape index (κ1) is 10.7. The summed E-state index contributed by atoms with van der Waals surface area (Å²) in [7, 11) is 0. The number of pyridine rings is 1. The van der Waals surface area contributed by atoms with Gasteiger partial charge in [-0.25, -0.2) is 4.98 Å². The van der Waals surface area contributed by atoms with Gasteiger partial charge in [-0.15, -0.1) is 0 Å². The Kier molecular flexibility index (Phi) is 3.44. The van der Waals surface area contributed by atoms with Crippen molar-refractivity contribution in [1.82, 2.24) is 4.98 Å². The molecule has 0 saturated heterocycles. The van der Waals surface area contributed by atoms with Crippen LogP contribution in [-0.2, 0) is 0 Å². The van der Waals surface area contributed by atoms with Crippen molar-refractivity contribution in [2.45, 2.75) is 37.8 Å². The van der Waals surface area contributed by atoms with Crippen molar-refractivity contribution in [3.05, 3.63) is 23.4 Å². The Hall–Kier alpha value is -0.800. The van der Waals surface area contributed by atoms with E-state index in [0.29, 0.717) is 11.1 Å². The minimum Gasteiger partial charge on any atom is -0.365 e. The normalized spacial score (nSPS) is 26.3. The molecule has 1 aromatic heterocycles. The van der Waals surface area contributed by atoms with E-state index in [0.717, 1.165) is 18.7 Å². The van der Waals surface area contributed by atoms with Gasteiger partial charge in [-0.1, -0.05) is 24.4 Å². The molecule has 0 aliphatic heterocycles. The van der Waals surface area contributed by atoms with Gasteiger partial charge in [0.15, 0.2) is 0 Å². The highest BCUT2D eigenvalue weighted by Gasteiger charge is 2.22. The van der Waals surface area contributed by atoms with E-state index >= 15 is 0 Å². The Morgan fingerprint density at radius 3 is 2.93 bits per heavy atom. The van der Waals surface area contributed by atoms with Crippen molar-refractivity contribution in [2.75, 3.05) is 5.32 Å². The van der Waals surface area contributed by atoms with Crippen LogP contribution >= 0.6 is 11.6 Å². The minimum absolute atomic E-state index is 0.219. The third kappa shape index (κ3) is 2.61. The average molecular weight is 226 g/mol. The van der Waals surface area contributed by atoms with Crippen molar-refractivity contribution in [3.63, 3.8) is 0 Å². The zero-order valence-corrected chi connectivity index (χ0v) is 9.37. The molecule has 0 radical (unpaired) electrons. The summed E-state index contributed by atoms with van der Waals surface area (Å²) in [4.78, 5) is 4.21. The molecule has 1 aliphatic rings. The van der Waals surface area contributed by atoms with Crippen LogP contribution in [0.3, 0.4) is 0 Å². The lowest BCUT2D eigenvalue weighted by Gasteiger charge is -2.29. The molecule has 0 amide bonds. The summed E-state index contributed by atoms with van der Waals surface area (Å²) in [6.45, 7) is 0. The molecule has 2 atom stereocenters. The smallest absolute Gasteiger partial charge is 0.145 e. The number of rotatable bonds is 2. The molecule has 2 rings (SSSR count). The van der Waals surface area contributed by atoms with Gasteiger partial charge in [-0.2, -0.15) is 0 Å². The Morgan fingerprint density at radius 2 is 2.20 bits per heavy atom. The molecule has 0 bridgehead atoms. The van der Waals surface area contributed by atoms with Crippen LogP contribution in [0.4, 0.5) is 5.82 Å². The van der Waals surface area contributed by atoms with Crippen LogP contribution in [0, 0.1) is 0 Å². The maximum atomic E-state index is 6.04. The van der Waals surface area contributed by atoms with Gasteiger partial charge < -0.3 is 11.1 Å². The molecular weight excluding hydrogens is 210 g/mol. The van der Waals surface area contributed by atoms with Crippen LogP contribution in [-0.4, -0.2) is 17.1 Å². The van der Waals surface area contributed by atoms with Gasteiger partial charge in [-0.05, 0) is 25.0 Å². The lowest BCUT2D eigenvalue weighted by Crippen LogP contribution is -2.42. The van der Waals surface area contributed by atoms with Crippen LogP contribution in [0.1, 0.15) is 25.7 Å². The van der Waals surface area contributed by atoms with Crippen molar-refractivity contribution in [1.29, 1.82) is 0 Å². The molecule has 1 saturated carbocycles. The summed E-state index contributed by atoms with van der Waals surface area (Å²) >= 11 is 6.03. The molecule has 3 N–H and O–H groups in total. The number of halogens is 1. The van der Waals surface area contributed by atoms with Gasteiger partial charge in [-0.3, -0.25) is 0 Å². The van der Waals surface area contributed by atoms with Crippen LogP contribution in [0.25, 0.3) is 0 Å². The molecule has 0 unspecified atom stereocenters. The zero-order valence-electron chi connectivity index (χ0n) is 8.62. The van der Waals surface area contributed by atoms with E-state index in [2.05, 4.69) is 10.3 Å². The molecule has 1 heterocycles. The quantitative estimate of drug-likeness (QED) is 0.813. The number of nitrogens with one attached hydrogen (secondary N) is 1. The van der Waals surface area contributed by atoms with E-state index in [4.69, 9.17) is 17.3 Å². The van der Waals surface area contributed by atoms with Gasteiger partial charge in [0, 0.05) is 18.3 Å². The van der Waals surface area contributed by atoms with Crippen LogP contribution < -0.4 is 11.1 Å². The second-order valence-electron chi connectivity index (χ2n) is 4.03. The molecule has 4 heteroatoms.